The minimum atomic E-state index is -1.16. The van der Waals surface area contributed by atoms with E-state index in [2.05, 4.69) is 0 Å². The Morgan fingerprint density at radius 2 is 1.75 bits per heavy atom. The first kappa shape index (κ1) is 13.9. The van der Waals surface area contributed by atoms with Gasteiger partial charge in [0.1, 0.15) is 0 Å². The topological polar surface area (TPSA) is 91.1 Å². The highest BCUT2D eigenvalue weighted by atomic mass is 16.4. The summed E-state index contributed by atoms with van der Waals surface area (Å²) in [5.74, 6) is -1.46. The lowest BCUT2D eigenvalue weighted by Crippen LogP contribution is -2.50. The Morgan fingerprint density at radius 3 is 2.30 bits per heavy atom. The number of carboxylic acid groups (broad SMARTS) is 1. The molecule has 0 saturated carbocycles. The van der Waals surface area contributed by atoms with Gasteiger partial charge < -0.3 is 19.3 Å². The van der Waals surface area contributed by atoms with Crippen molar-refractivity contribution >= 4 is 17.8 Å². The summed E-state index contributed by atoms with van der Waals surface area (Å²) in [6.07, 6.45) is 3.26. The largest absolute Gasteiger partial charge is 0.478 e. The molecule has 2 heterocycles. The summed E-state index contributed by atoms with van der Waals surface area (Å²) in [7, 11) is 0. The SMILES string of the molecule is O=C(O)/C=C/C(=O)N1CCN(C(=O)c2ccco2)CC1. The molecule has 1 aromatic rings. The van der Waals surface area contributed by atoms with Crippen molar-refractivity contribution in [1.29, 1.82) is 0 Å². The molecule has 0 unspecified atom stereocenters. The van der Waals surface area contributed by atoms with Crippen molar-refractivity contribution in [3.8, 4) is 0 Å². The van der Waals surface area contributed by atoms with Crippen LogP contribution in [0.4, 0.5) is 0 Å². The second-order valence-corrected chi connectivity index (χ2v) is 4.27. The maximum Gasteiger partial charge on any atom is 0.328 e. The number of carboxylic acids is 1. The second kappa shape index (κ2) is 6.05. The van der Waals surface area contributed by atoms with E-state index in [1.165, 1.54) is 11.2 Å². The third kappa shape index (κ3) is 3.25. The molecule has 20 heavy (non-hydrogen) atoms. The van der Waals surface area contributed by atoms with E-state index in [4.69, 9.17) is 9.52 Å². The van der Waals surface area contributed by atoms with Crippen LogP contribution in [0.15, 0.2) is 35.0 Å². The average Bonchev–Trinajstić information content (AvgIpc) is 2.98. The van der Waals surface area contributed by atoms with E-state index in [1.807, 2.05) is 0 Å². The summed E-state index contributed by atoms with van der Waals surface area (Å²) in [6, 6.07) is 3.24. The van der Waals surface area contributed by atoms with Gasteiger partial charge in [0.15, 0.2) is 5.76 Å². The Labute approximate surface area is 115 Å². The van der Waals surface area contributed by atoms with E-state index in [0.717, 1.165) is 12.2 Å². The van der Waals surface area contributed by atoms with E-state index in [-0.39, 0.29) is 17.6 Å². The lowest BCUT2D eigenvalue weighted by Gasteiger charge is -2.33. The van der Waals surface area contributed by atoms with Gasteiger partial charge in [0.05, 0.1) is 6.26 Å². The molecule has 1 fully saturated rings. The van der Waals surface area contributed by atoms with Gasteiger partial charge in [-0.15, -0.1) is 0 Å². The highest BCUT2D eigenvalue weighted by Crippen LogP contribution is 2.09. The van der Waals surface area contributed by atoms with Gasteiger partial charge in [0, 0.05) is 38.3 Å². The van der Waals surface area contributed by atoms with Gasteiger partial charge in [0.25, 0.3) is 5.91 Å². The zero-order chi connectivity index (χ0) is 14.5. The molecule has 1 aliphatic heterocycles. The monoisotopic (exact) mass is 278 g/mol. The van der Waals surface area contributed by atoms with Crippen LogP contribution in [-0.2, 0) is 9.59 Å². The minimum Gasteiger partial charge on any atom is -0.478 e. The molecular weight excluding hydrogens is 264 g/mol. The predicted octanol–water partition coefficient (Wildman–Crippen LogP) is 0.205. The van der Waals surface area contributed by atoms with Crippen molar-refractivity contribution in [2.45, 2.75) is 0 Å². The van der Waals surface area contributed by atoms with Crippen molar-refractivity contribution in [2.24, 2.45) is 0 Å². The third-order valence-corrected chi connectivity index (χ3v) is 2.98. The molecule has 106 valence electrons. The zero-order valence-corrected chi connectivity index (χ0v) is 10.7. The second-order valence-electron chi connectivity index (χ2n) is 4.27. The van der Waals surface area contributed by atoms with Crippen molar-refractivity contribution in [3.63, 3.8) is 0 Å². The van der Waals surface area contributed by atoms with Crippen LogP contribution in [0.2, 0.25) is 0 Å². The molecule has 1 N–H and O–H groups in total. The number of aliphatic carboxylic acids is 1. The molecule has 0 bridgehead atoms. The molecule has 0 radical (unpaired) electrons. The summed E-state index contributed by atoms with van der Waals surface area (Å²) < 4.78 is 5.04. The Morgan fingerprint density at radius 1 is 1.10 bits per heavy atom. The van der Waals surface area contributed by atoms with Crippen molar-refractivity contribution in [3.05, 3.63) is 36.3 Å². The third-order valence-electron chi connectivity index (χ3n) is 2.98. The first-order valence-corrected chi connectivity index (χ1v) is 6.10. The highest BCUT2D eigenvalue weighted by molar-refractivity contribution is 5.94. The number of nitrogens with zero attached hydrogens (tertiary/aromatic N) is 2. The molecule has 7 heteroatoms. The van der Waals surface area contributed by atoms with Gasteiger partial charge >= 0.3 is 5.97 Å². The molecule has 7 nitrogen and oxygen atoms in total. The minimum absolute atomic E-state index is 0.205. The fraction of sp³-hybridized carbons (Fsp3) is 0.308. The van der Waals surface area contributed by atoms with Gasteiger partial charge in [-0.25, -0.2) is 4.79 Å². The van der Waals surface area contributed by atoms with Crippen LogP contribution in [0.1, 0.15) is 10.6 Å². The summed E-state index contributed by atoms with van der Waals surface area (Å²) in [5, 5.41) is 8.46. The lowest BCUT2D eigenvalue weighted by atomic mass is 10.2. The number of piperazine rings is 1. The molecular formula is C13H14N2O5. The van der Waals surface area contributed by atoms with Crippen LogP contribution in [0.5, 0.6) is 0 Å². The summed E-state index contributed by atoms with van der Waals surface area (Å²) >= 11 is 0. The number of carbonyl (C=O) groups is 3. The molecule has 1 aromatic heterocycles. The summed E-state index contributed by atoms with van der Waals surface area (Å²) in [6.45, 7) is 1.53. The molecule has 0 spiro atoms. The molecule has 1 saturated heterocycles. The Kier molecular flexibility index (Phi) is 4.19. The predicted molar refractivity (Wildman–Crippen MR) is 68.0 cm³/mol. The van der Waals surface area contributed by atoms with Crippen LogP contribution < -0.4 is 0 Å². The zero-order valence-electron chi connectivity index (χ0n) is 10.7. The van der Waals surface area contributed by atoms with Gasteiger partial charge in [-0.3, -0.25) is 9.59 Å². The molecule has 0 atom stereocenters. The lowest BCUT2D eigenvalue weighted by molar-refractivity contribution is -0.132. The fourth-order valence-electron chi connectivity index (χ4n) is 1.93. The van der Waals surface area contributed by atoms with Crippen LogP contribution in [-0.4, -0.2) is 58.9 Å². The van der Waals surface area contributed by atoms with Crippen LogP contribution >= 0.6 is 0 Å². The standard InChI is InChI=1S/C13H14N2O5/c16-11(3-4-12(17)18)14-5-7-15(8-6-14)13(19)10-2-1-9-20-10/h1-4,9H,5-8H2,(H,17,18)/b4-3+. The molecule has 1 aliphatic rings. The summed E-state index contributed by atoms with van der Waals surface area (Å²) in [5.41, 5.74) is 0. The normalized spacial score (nSPS) is 15.6. The maximum absolute atomic E-state index is 12.0. The number of carbonyl (C=O) groups excluding carboxylic acids is 2. The molecule has 2 rings (SSSR count). The molecule has 0 aliphatic carbocycles. The Bertz CT molecular complexity index is 527. The number of amides is 2. The van der Waals surface area contributed by atoms with Crippen LogP contribution in [0.3, 0.4) is 0 Å². The highest BCUT2D eigenvalue weighted by Gasteiger charge is 2.25. The van der Waals surface area contributed by atoms with Crippen LogP contribution in [0, 0.1) is 0 Å². The van der Waals surface area contributed by atoms with Gasteiger partial charge in [-0.1, -0.05) is 0 Å². The Hall–Kier alpha value is -2.57. The van der Waals surface area contributed by atoms with Crippen molar-refractivity contribution < 1.29 is 23.9 Å². The number of rotatable bonds is 3. The number of hydrogen-bond donors (Lipinski definition) is 1. The van der Waals surface area contributed by atoms with Crippen molar-refractivity contribution in [1.82, 2.24) is 9.80 Å². The quantitative estimate of drug-likeness (QED) is 0.798. The van der Waals surface area contributed by atoms with E-state index in [1.54, 1.807) is 17.0 Å². The van der Waals surface area contributed by atoms with E-state index < -0.39 is 5.97 Å². The van der Waals surface area contributed by atoms with Gasteiger partial charge in [-0.2, -0.15) is 0 Å². The number of hydrogen-bond acceptors (Lipinski definition) is 4. The molecule has 0 aromatic carbocycles. The first-order valence-electron chi connectivity index (χ1n) is 6.10. The van der Waals surface area contributed by atoms with Gasteiger partial charge in [0.2, 0.25) is 5.91 Å². The molecule has 2 amide bonds. The fourth-order valence-corrected chi connectivity index (χ4v) is 1.93. The van der Waals surface area contributed by atoms with E-state index in [0.29, 0.717) is 26.2 Å². The Balaban J connectivity index is 1.88. The van der Waals surface area contributed by atoms with E-state index in [9.17, 15) is 14.4 Å². The van der Waals surface area contributed by atoms with Gasteiger partial charge in [-0.05, 0) is 12.1 Å². The first-order chi connectivity index (χ1) is 9.58. The smallest absolute Gasteiger partial charge is 0.328 e. The van der Waals surface area contributed by atoms with E-state index >= 15 is 0 Å². The number of furan rings is 1. The average molecular weight is 278 g/mol. The van der Waals surface area contributed by atoms with Crippen LogP contribution in [0.25, 0.3) is 0 Å². The maximum atomic E-state index is 12.0. The van der Waals surface area contributed by atoms with Crippen molar-refractivity contribution in [2.75, 3.05) is 26.2 Å². The summed E-state index contributed by atoms with van der Waals surface area (Å²) in [4.78, 5) is 37.1.